The van der Waals surface area contributed by atoms with Gasteiger partial charge in [0.2, 0.25) is 5.91 Å². The van der Waals surface area contributed by atoms with Crippen molar-refractivity contribution in [3.05, 3.63) is 71.0 Å². The van der Waals surface area contributed by atoms with Crippen LogP contribution in [0.4, 0.5) is 4.39 Å². The van der Waals surface area contributed by atoms with Crippen LogP contribution in [0.2, 0.25) is 0 Å². The minimum Gasteiger partial charge on any atom is -0.351 e. The molecule has 0 saturated carbocycles. The molecule has 1 spiro atoms. The third-order valence-corrected chi connectivity index (χ3v) is 6.43. The second-order valence-electron chi connectivity index (χ2n) is 7.86. The van der Waals surface area contributed by atoms with Crippen LogP contribution in [-0.2, 0) is 16.1 Å². The van der Waals surface area contributed by atoms with Gasteiger partial charge >= 0.3 is 0 Å². The maximum absolute atomic E-state index is 13.4. The molecule has 3 saturated heterocycles. The van der Waals surface area contributed by atoms with E-state index in [9.17, 15) is 9.18 Å². The Labute approximate surface area is 158 Å². The molecule has 2 aromatic rings. The Morgan fingerprint density at radius 3 is 2.81 bits per heavy atom. The molecule has 3 atom stereocenters. The molecular weight excluding hydrogens is 343 g/mol. The van der Waals surface area contributed by atoms with Gasteiger partial charge in [-0.05, 0) is 35.7 Å². The van der Waals surface area contributed by atoms with Crippen molar-refractivity contribution < 1.29 is 13.9 Å². The zero-order chi connectivity index (χ0) is 18.6. The van der Waals surface area contributed by atoms with Crippen molar-refractivity contribution in [2.45, 2.75) is 44.1 Å². The van der Waals surface area contributed by atoms with Crippen LogP contribution >= 0.6 is 0 Å². The molecule has 5 rings (SSSR count). The van der Waals surface area contributed by atoms with Crippen LogP contribution in [0.25, 0.3) is 0 Å². The van der Waals surface area contributed by atoms with E-state index in [-0.39, 0.29) is 23.8 Å². The number of benzene rings is 2. The number of rotatable bonds is 3. The van der Waals surface area contributed by atoms with E-state index in [1.165, 1.54) is 6.07 Å². The van der Waals surface area contributed by atoms with Gasteiger partial charge < -0.3 is 9.64 Å². The van der Waals surface area contributed by atoms with E-state index >= 15 is 0 Å². The van der Waals surface area contributed by atoms with Crippen LogP contribution in [-0.4, -0.2) is 40.6 Å². The Morgan fingerprint density at radius 2 is 2.04 bits per heavy atom. The summed E-state index contributed by atoms with van der Waals surface area (Å²) in [5.41, 5.74) is 2.69. The maximum Gasteiger partial charge on any atom is 0.227 e. The van der Waals surface area contributed by atoms with E-state index < -0.39 is 5.72 Å². The number of halogens is 1. The van der Waals surface area contributed by atoms with Gasteiger partial charge in [0.25, 0.3) is 0 Å². The summed E-state index contributed by atoms with van der Waals surface area (Å²) in [6.07, 6.45) is 1.32. The van der Waals surface area contributed by atoms with Gasteiger partial charge in [0.15, 0.2) is 5.72 Å². The lowest BCUT2D eigenvalue weighted by molar-refractivity contribution is -0.138. The fourth-order valence-corrected chi connectivity index (χ4v) is 5.09. The van der Waals surface area contributed by atoms with Crippen LogP contribution in [0.3, 0.4) is 0 Å². The molecule has 0 bridgehead atoms. The second-order valence-corrected chi connectivity index (χ2v) is 7.86. The van der Waals surface area contributed by atoms with Gasteiger partial charge in [-0.1, -0.05) is 36.4 Å². The van der Waals surface area contributed by atoms with Crippen molar-refractivity contribution in [1.82, 2.24) is 9.80 Å². The predicted molar refractivity (Wildman–Crippen MR) is 99.3 cm³/mol. The number of carbonyl (C=O) groups excluding carboxylic acids is 1. The number of hydrogen-bond donors (Lipinski definition) is 0. The third kappa shape index (κ3) is 2.52. The van der Waals surface area contributed by atoms with Crippen LogP contribution in [0.5, 0.6) is 0 Å². The Hall–Kier alpha value is -2.24. The van der Waals surface area contributed by atoms with Crippen molar-refractivity contribution >= 4 is 5.91 Å². The first-order chi connectivity index (χ1) is 13.1. The van der Waals surface area contributed by atoms with Gasteiger partial charge in [-0.25, -0.2) is 4.39 Å². The van der Waals surface area contributed by atoms with Crippen molar-refractivity contribution in [2.75, 3.05) is 13.2 Å². The standard InChI is InChI=1S/C22H23FN2O2/c1-15-11-18(23)8-7-17(15)13-24-10-9-22-20(24)12-21(26)25(22)19(14-27-22)16-5-3-2-4-6-16/h2-8,11,19-20H,9-10,12-14H2,1H3/t19-,20+,22-/m0/s1. The topological polar surface area (TPSA) is 32.8 Å². The highest BCUT2D eigenvalue weighted by molar-refractivity contribution is 5.82. The van der Waals surface area contributed by atoms with E-state index in [1.807, 2.05) is 36.1 Å². The van der Waals surface area contributed by atoms with Gasteiger partial charge in [0, 0.05) is 25.9 Å². The number of ether oxygens (including phenoxy) is 1. The first-order valence-corrected chi connectivity index (χ1v) is 9.59. The molecule has 1 amide bonds. The van der Waals surface area contributed by atoms with Crippen LogP contribution in [0.1, 0.15) is 35.6 Å². The molecule has 3 fully saturated rings. The zero-order valence-corrected chi connectivity index (χ0v) is 15.4. The summed E-state index contributed by atoms with van der Waals surface area (Å²) in [6.45, 7) is 4.09. The van der Waals surface area contributed by atoms with E-state index in [0.717, 1.165) is 36.2 Å². The van der Waals surface area contributed by atoms with Gasteiger partial charge in [-0.2, -0.15) is 0 Å². The molecule has 0 radical (unpaired) electrons. The molecule has 0 aliphatic carbocycles. The van der Waals surface area contributed by atoms with Crippen molar-refractivity contribution in [1.29, 1.82) is 0 Å². The van der Waals surface area contributed by atoms with E-state index in [1.54, 1.807) is 6.07 Å². The molecule has 140 valence electrons. The smallest absolute Gasteiger partial charge is 0.227 e. The third-order valence-electron chi connectivity index (χ3n) is 6.43. The molecule has 5 heteroatoms. The van der Waals surface area contributed by atoms with Gasteiger partial charge in [-0.3, -0.25) is 9.69 Å². The average Bonchev–Trinajstić information content (AvgIpc) is 3.28. The van der Waals surface area contributed by atoms with Crippen LogP contribution in [0.15, 0.2) is 48.5 Å². The summed E-state index contributed by atoms with van der Waals surface area (Å²) >= 11 is 0. The Morgan fingerprint density at radius 1 is 1.22 bits per heavy atom. The average molecular weight is 366 g/mol. The molecule has 4 nitrogen and oxygen atoms in total. The molecular formula is C22H23FN2O2. The normalized spacial score (nSPS) is 30.0. The van der Waals surface area contributed by atoms with Gasteiger partial charge in [0.05, 0.1) is 18.7 Å². The van der Waals surface area contributed by atoms with Crippen LogP contribution < -0.4 is 0 Å². The minimum absolute atomic E-state index is 0.00351. The largest absolute Gasteiger partial charge is 0.351 e. The molecule has 3 aliphatic heterocycles. The summed E-state index contributed by atoms with van der Waals surface area (Å²) in [6, 6.07) is 15.2. The molecule has 27 heavy (non-hydrogen) atoms. The fraction of sp³-hybridized carbons (Fsp3) is 0.409. The quantitative estimate of drug-likeness (QED) is 0.835. The monoisotopic (exact) mass is 366 g/mol. The van der Waals surface area contributed by atoms with Crippen molar-refractivity contribution in [2.24, 2.45) is 0 Å². The van der Waals surface area contributed by atoms with E-state index in [2.05, 4.69) is 17.0 Å². The predicted octanol–water partition coefficient (Wildman–Crippen LogP) is 3.41. The fourth-order valence-electron chi connectivity index (χ4n) is 5.09. The molecule has 0 N–H and O–H groups in total. The van der Waals surface area contributed by atoms with E-state index in [4.69, 9.17) is 4.74 Å². The zero-order valence-electron chi connectivity index (χ0n) is 15.4. The molecule has 0 unspecified atom stereocenters. The molecule has 3 aliphatic rings. The number of aryl methyl sites for hydroxylation is 1. The lowest BCUT2D eigenvalue weighted by Crippen LogP contribution is -2.48. The Balaban J connectivity index is 1.42. The first kappa shape index (κ1) is 16.9. The first-order valence-electron chi connectivity index (χ1n) is 9.59. The second kappa shape index (κ2) is 6.14. The lowest BCUT2D eigenvalue weighted by atomic mass is 10.0. The van der Waals surface area contributed by atoms with E-state index in [0.29, 0.717) is 13.0 Å². The molecule has 2 aromatic carbocycles. The lowest BCUT2D eigenvalue weighted by Gasteiger charge is -2.33. The number of nitrogens with zero attached hydrogens (tertiary/aromatic N) is 2. The van der Waals surface area contributed by atoms with Crippen molar-refractivity contribution in [3.63, 3.8) is 0 Å². The van der Waals surface area contributed by atoms with Gasteiger partial charge in [-0.15, -0.1) is 0 Å². The Kier molecular flexibility index (Phi) is 3.85. The summed E-state index contributed by atoms with van der Waals surface area (Å²) in [5, 5.41) is 0. The van der Waals surface area contributed by atoms with Gasteiger partial charge in [0.1, 0.15) is 5.82 Å². The highest BCUT2D eigenvalue weighted by Crippen LogP contribution is 2.51. The molecule has 0 aromatic heterocycles. The summed E-state index contributed by atoms with van der Waals surface area (Å²) in [5.74, 6) is -0.0342. The molecule has 3 heterocycles. The highest BCUT2D eigenvalue weighted by atomic mass is 19.1. The number of likely N-dealkylation sites (tertiary alicyclic amines) is 1. The number of hydrogen-bond acceptors (Lipinski definition) is 3. The number of amides is 1. The Bertz CT molecular complexity index is 887. The van der Waals surface area contributed by atoms with Crippen LogP contribution in [0, 0.1) is 12.7 Å². The highest BCUT2D eigenvalue weighted by Gasteiger charge is 2.64. The summed E-state index contributed by atoms with van der Waals surface area (Å²) in [7, 11) is 0. The minimum atomic E-state index is -0.508. The SMILES string of the molecule is Cc1cc(F)ccc1CN1CC[C@@]23OC[C@@H](c4ccccc4)N2C(=O)C[C@@H]13. The number of carbonyl (C=O) groups is 1. The van der Waals surface area contributed by atoms with Crippen molar-refractivity contribution in [3.8, 4) is 0 Å². The summed E-state index contributed by atoms with van der Waals surface area (Å²) < 4.78 is 19.8. The maximum atomic E-state index is 13.4. The summed E-state index contributed by atoms with van der Waals surface area (Å²) in [4.78, 5) is 17.3.